The molecule has 33 heavy (non-hydrogen) atoms. The quantitative estimate of drug-likeness (QED) is 0.363. The molecule has 1 aliphatic rings. The summed E-state index contributed by atoms with van der Waals surface area (Å²) in [6, 6.07) is 12.2. The highest BCUT2D eigenvalue weighted by Crippen LogP contribution is 2.39. The summed E-state index contributed by atoms with van der Waals surface area (Å²) in [5.74, 6) is 1.34. The maximum atomic E-state index is 13.0. The maximum Gasteiger partial charge on any atom is 0.240 e. The molecule has 0 fully saturated rings. The molecule has 1 atom stereocenters. The molecule has 0 saturated heterocycles. The first-order valence-electron chi connectivity index (χ1n) is 10.5. The number of benzene rings is 1. The molecule has 3 aromatic heterocycles. The number of nitrogens with one attached hydrogen (secondary N) is 1. The first kappa shape index (κ1) is 22.1. The van der Waals surface area contributed by atoms with Crippen molar-refractivity contribution in [3.05, 3.63) is 67.9 Å². The third-order valence-electron chi connectivity index (χ3n) is 5.66. The summed E-state index contributed by atoms with van der Waals surface area (Å²) < 4.78 is 10.8. The topological polar surface area (TPSA) is 63.7 Å². The van der Waals surface area contributed by atoms with E-state index >= 15 is 0 Å². The molecule has 170 valence electrons. The van der Waals surface area contributed by atoms with Gasteiger partial charge >= 0.3 is 0 Å². The van der Waals surface area contributed by atoms with Crippen molar-refractivity contribution < 1.29 is 14.3 Å². The lowest BCUT2D eigenvalue weighted by atomic mass is 9.98. The largest absolute Gasteiger partial charge is 0.497 e. The van der Waals surface area contributed by atoms with Gasteiger partial charge in [0.25, 0.3) is 0 Å². The van der Waals surface area contributed by atoms with Crippen LogP contribution in [0.2, 0.25) is 0 Å². The lowest BCUT2D eigenvalue weighted by Gasteiger charge is -2.34. The number of ether oxygens (including phenoxy) is 2. The van der Waals surface area contributed by atoms with Crippen molar-refractivity contribution in [1.82, 2.24) is 9.88 Å². The highest BCUT2D eigenvalue weighted by molar-refractivity contribution is 7.14. The molecule has 4 heterocycles. The lowest BCUT2D eigenvalue weighted by Crippen LogP contribution is -2.40. The normalized spacial score (nSPS) is 15.8. The van der Waals surface area contributed by atoms with E-state index in [0.29, 0.717) is 17.4 Å². The molecule has 1 unspecified atom stereocenters. The van der Waals surface area contributed by atoms with Gasteiger partial charge in [0.2, 0.25) is 5.91 Å². The molecular weight excluding hydrogens is 474 g/mol. The Labute approximate surface area is 204 Å². The van der Waals surface area contributed by atoms with Gasteiger partial charge in [0, 0.05) is 33.3 Å². The minimum absolute atomic E-state index is 0.0576. The number of hydrogen-bond donors (Lipinski definition) is 1. The van der Waals surface area contributed by atoms with E-state index in [9.17, 15) is 4.79 Å². The van der Waals surface area contributed by atoms with Crippen LogP contribution < -0.4 is 14.8 Å². The van der Waals surface area contributed by atoms with Crippen LogP contribution in [0, 0.1) is 0 Å². The Morgan fingerprint density at radius 1 is 1.15 bits per heavy atom. The Hall–Kier alpha value is -2.72. The Morgan fingerprint density at radius 2 is 2.06 bits per heavy atom. The number of amides is 1. The van der Waals surface area contributed by atoms with Crippen LogP contribution in [0.5, 0.6) is 11.5 Å². The number of fused-ring (bicyclic) bond motifs is 1. The van der Waals surface area contributed by atoms with E-state index in [2.05, 4.69) is 44.2 Å². The summed E-state index contributed by atoms with van der Waals surface area (Å²) >= 11 is 4.95. The molecule has 0 aliphatic carbocycles. The van der Waals surface area contributed by atoms with Crippen LogP contribution in [0.25, 0.3) is 11.3 Å². The second kappa shape index (κ2) is 9.64. The second-order valence-corrected chi connectivity index (χ2v) is 10.4. The van der Waals surface area contributed by atoms with Gasteiger partial charge in [-0.15, -0.1) is 34.0 Å². The zero-order valence-corrected chi connectivity index (χ0v) is 20.7. The standard InChI is InChI=1S/C24H23N3O3S3/c1-29-15-5-6-16(19(12-15)30-2)18-14-33-24(25-18)26-22(28)13-27-9-7-20-17(8-11-32-20)23(27)21-4-3-10-31-21/h3-6,8,10-12,14,23H,7,9,13H2,1-2H3,(H,25,26,28). The molecule has 6 nitrogen and oxygen atoms in total. The fraction of sp³-hybridized carbons (Fsp3) is 0.250. The average molecular weight is 498 g/mol. The number of thiophene rings is 2. The van der Waals surface area contributed by atoms with Crippen LogP contribution in [-0.4, -0.2) is 43.1 Å². The summed E-state index contributed by atoms with van der Waals surface area (Å²) in [6.45, 7) is 1.17. The van der Waals surface area contributed by atoms with Gasteiger partial charge in [0.15, 0.2) is 5.13 Å². The second-order valence-electron chi connectivity index (χ2n) is 7.59. The molecule has 0 radical (unpaired) electrons. The highest BCUT2D eigenvalue weighted by Gasteiger charge is 2.31. The van der Waals surface area contributed by atoms with Crippen molar-refractivity contribution in [2.24, 2.45) is 0 Å². The molecule has 1 aromatic carbocycles. The van der Waals surface area contributed by atoms with Crippen molar-refractivity contribution in [3.63, 3.8) is 0 Å². The van der Waals surface area contributed by atoms with Crippen LogP contribution in [-0.2, 0) is 11.2 Å². The fourth-order valence-corrected chi connectivity index (χ4v) is 6.63. The molecule has 0 bridgehead atoms. The van der Waals surface area contributed by atoms with Gasteiger partial charge in [0.1, 0.15) is 11.5 Å². The van der Waals surface area contributed by atoms with E-state index in [-0.39, 0.29) is 11.9 Å². The number of carbonyl (C=O) groups is 1. The van der Waals surface area contributed by atoms with Crippen LogP contribution >= 0.6 is 34.0 Å². The highest BCUT2D eigenvalue weighted by atomic mass is 32.1. The maximum absolute atomic E-state index is 13.0. The lowest BCUT2D eigenvalue weighted by molar-refractivity contribution is -0.117. The Bertz CT molecular complexity index is 1250. The average Bonchev–Trinajstić information content (AvgIpc) is 3.60. The number of thiazole rings is 1. The zero-order valence-electron chi connectivity index (χ0n) is 18.2. The number of rotatable bonds is 7. The molecule has 1 amide bonds. The van der Waals surface area contributed by atoms with Crippen LogP contribution in [0.1, 0.15) is 21.4 Å². The molecular formula is C24H23N3O3S3. The minimum atomic E-state index is -0.0576. The number of aromatic nitrogens is 1. The van der Waals surface area contributed by atoms with E-state index in [1.54, 1.807) is 36.9 Å². The first-order chi connectivity index (χ1) is 16.2. The summed E-state index contributed by atoms with van der Waals surface area (Å²) in [6.07, 6.45) is 0.973. The van der Waals surface area contributed by atoms with Gasteiger partial charge in [-0.2, -0.15) is 0 Å². The van der Waals surface area contributed by atoms with Crippen LogP contribution in [0.3, 0.4) is 0 Å². The third kappa shape index (κ3) is 4.54. The molecule has 0 spiro atoms. The van der Waals surface area contributed by atoms with Crippen LogP contribution in [0.15, 0.2) is 52.5 Å². The summed E-state index contributed by atoms with van der Waals surface area (Å²) in [5, 5.41) is 9.74. The first-order valence-corrected chi connectivity index (χ1v) is 13.1. The molecule has 1 aliphatic heterocycles. The molecule has 9 heteroatoms. The number of carbonyl (C=O) groups excluding carboxylic acids is 1. The van der Waals surface area contributed by atoms with E-state index in [1.165, 1.54) is 26.7 Å². The predicted molar refractivity (Wildman–Crippen MR) is 135 cm³/mol. The summed E-state index contributed by atoms with van der Waals surface area (Å²) in [4.78, 5) is 22.6. The van der Waals surface area contributed by atoms with Gasteiger partial charge in [-0.3, -0.25) is 9.69 Å². The number of nitrogens with zero attached hydrogens (tertiary/aromatic N) is 2. The predicted octanol–water partition coefficient (Wildman–Crippen LogP) is 5.54. The Morgan fingerprint density at radius 3 is 2.85 bits per heavy atom. The van der Waals surface area contributed by atoms with E-state index < -0.39 is 0 Å². The van der Waals surface area contributed by atoms with Crippen molar-refractivity contribution in [1.29, 1.82) is 0 Å². The van der Waals surface area contributed by atoms with Crippen molar-refractivity contribution in [3.8, 4) is 22.8 Å². The molecule has 5 rings (SSSR count). The molecule has 4 aromatic rings. The summed E-state index contributed by atoms with van der Waals surface area (Å²) in [7, 11) is 3.24. The van der Waals surface area contributed by atoms with E-state index in [4.69, 9.17) is 9.47 Å². The molecule has 1 N–H and O–H groups in total. The molecule has 0 saturated carbocycles. The van der Waals surface area contributed by atoms with Crippen molar-refractivity contribution >= 4 is 45.0 Å². The van der Waals surface area contributed by atoms with Crippen molar-refractivity contribution in [2.45, 2.75) is 12.5 Å². The Balaban J connectivity index is 1.31. The van der Waals surface area contributed by atoms with Crippen LogP contribution in [0.4, 0.5) is 5.13 Å². The fourth-order valence-electron chi connectivity index (χ4n) is 4.13. The van der Waals surface area contributed by atoms with Gasteiger partial charge in [-0.05, 0) is 47.0 Å². The summed E-state index contributed by atoms with van der Waals surface area (Å²) in [5.41, 5.74) is 2.94. The number of hydrogen-bond acceptors (Lipinski definition) is 8. The smallest absolute Gasteiger partial charge is 0.240 e. The number of anilines is 1. The van der Waals surface area contributed by atoms with Crippen molar-refractivity contribution in [2.75, 3.05) is 32.6 Å². The SMILES string of the molecule is COc1ccc(-c2csc(NC(=O)CN3CCc4sccc4C3c3cccs3)n2)c(OC)c1. The minimum Gasteiger partial charge on any atom is -0.497 e. The van der Waals surface area contributed by atoms with Gasteiger partial charge < -0.3 is 14.8 Å². The van der Waals surface area contributed by atoms with E-state index in [0.717, 1.165) is 30.0 Å². The van der Waals surface area contributed by atoms with Gasteiger partial charge in [-0.1, -0.05) is 6.07 Å². The van der Waals surface area contributed by atoms with Gasteiger partial charge in [-0.25, -0.2) is 4.98 Å². The van der Waals surface area contributed by atoms with E-state index in [1.807, 2.05) is 23.6 Å². The Kier molecular flexibility index (Phi) is 6.45. The zero-order chi connectivity index (χ0) is 22.8. The number of methoxy groups -OCH3 is 2. The third-order valence-corrected chi connectivity index (χ3v) is 8.34. The monoisotopic (exact) mass is 497 g/mol. The van der Waals surface area contributed by atoms with Gasteiger partial charge in [0.05, 0.1) is 32.5 Å².